The second-order valence-corrected chi connectivity index (χ2v) is 13.5. The lowest BCUT2D eigenvalue weighted by molar-refractivity contribution is 0.470. The number of ether oxygens (including phenoxy) is 1. The summed E-state index contributed by atoms with van der Waals surface area (Å²) in [6.45, 7) is 6.42. The molecular weight excluding hydrogens is 649 g/mol. The molecule has 0 spiro atoms. The Balaban J connectivity index is 1.10. The Hall–Kier alpha value is -6.98. The largest absolute Gasteiger partial charge is 0.452 e. The molecule has 2 aromatic heterocycles. The number of benzene rings is 7. The third-order valence-electron chi connectivity index (χ3n) is 10.4. The van der Waals surface area contributed by atoms with Gasteiger partial charge in [-0.1, -0.05) is 109 Å². The fourth-order valence-corrected chi connectivity index (χ4v) is 7.94. The molecule has 0 saturated carbocycles. The van der Waals surface area contributed by atoms with Crippen molar-refractivity contribution in [2.24, 2.45) is 9.98 Å². The molecule has 0 radical (unpaired) electrons. The molecule has 10 rings (SSSR count). The van der Waals surface area contributed by atoms with E-state index in [1.165, 1.54) is 43.7 Å². The van der Waals surface area contributed by atoms with Crippen LogP contribution in [0.3, 0.4) is 0 Å². The summed E-state index contributed by atoms with van der Waals surface area (Å²) in [5.41, 5.74) is 12.7. The quantitative estimate of drug-likeness (QED) is 0.161. The SMILES string of the molecule is C=N/C(=C1/Oc2ccc(C)cc2/C1=N/Cn1c2ccccc2c2cc(-c3ccc4c(c3)c3ccccc3n4-c3ccccc3)ccc21)c1ccccc1. The van der Waals surface area contributed by atoms with Crippen LogP contribution in [0.5, 0.6) is 5.75 Å². The van der Waals surface area contributed by atoms with Gasteiger partial charge in [0.1, 0.15) is 23.8 Å². The van der Waals surface area contributed by atoms with E-state index in [-0.39, 0.29) is 0 Å². The molecule has 1 aliphatic heterocycles. The van der Waals surface area contributed by atoms with E-state index >= 15 is 0 Å². The minimum absolute atomic E-state index is 0.406. The molecule has 7 aromatic carbocycles. The van der Waals surface area contributed by atoms with Crippen molar-refractivity contribution in [1.82, 2.24) is 9.13 Å². The molecule has 0 aliphatic carbocycles. The highest BCUT2D eigenvalue weighted by Crippen LogP contribution is 2.39. The summed E-state index contributed by atoms with van der Waals surface area (Å²) in [7, 11) is 0. The van der Waals surface area contributed by atoms with Crippen molar-refractivity contribution in [3.05, 3.63) is 186 Å². The summed E-state index contributed by atoms with van der Waals surface area (Å²) < 4.78 is 11.1. The number of para-hydroxylation sites is 3. The lowest BCUT2D eigenvalue weighted by Gasteiger charge is -2.09. The van der Waals surface area contributed by atoms with Crippen LogP contribution in [0.15, 0.2) is 180 Å². The van der Waals surface area contributed by atoms with Gasteiger partial charge in [0.15, 0.2) is 5.76 Å². The topological polar surface area (TPSA) is 43.8 Å². The van der Waals surface area contributed by atoms with Crippen molar-refractivity contribution in [1.29, 1.82) is 0 Å². The van der Waals surface area contributed by atoms with E-state index < -0.39 is 0 Å². The van der Waals surface area contributed by atoms with Gasteiger partial charge in [-0.2, -0.15) is 0 Å². The minimum atomic E-state index is 0.406. The van der Waals surface area contributed by atoms with Crippen LogP contribution in [0, 0.1) is 6.92 Å². The van der Waals surface area contributed by atoms with Crippen molar-refractivity contribution in [3.8, 4) is 22.6 Å². The highest BCUT2D eigenvalue weighted by Gasteiger charge is 2.29. The Kier molecular flexibility index (Phi) is 7.18. The van der Waals surface area contributed by atoms with Crippen LogP contribution in [0.4, 0.5) is 0 Å². The summed E-state index contributed by atoms with van der Waals surface area (Å²) >= 11 is 0. The van der Waals surface area contributed by atoms with Gasteiger partial charge in [0.25, 0.3) is 0 Å². The Morgan fingerprint density at radius 2 is 1.17 bits per heavy atom. The lowest BCUT2D eigenvalue weighted by atomic mass is 10.0. The number of aromatic nitrogens is 2. The molecule has 0 N–H and O–H groups in total. The molecule has 53 heavy (non-hydrogen) atoms. The monoisotopic (exact) mass is 682 g/mol. The second kappa shape index (κ2) is 12.4. The van der Waals surface area contributed by atoms with E-state index in [1.807, 2.05) is 36.4 Å². The first kappa shape index (κ1) is 30.8. The van der Waals surface area contributed by atoms with Crippen molar-refractivity contribution in [2.45, 2.75) is 13.6 Å². The van der Waals surface area contributed by atoms with Crippen LogP contribution < -0.4 is 4.74 Å². The van der Waals surface area contributed by atoms with Crippen LogP contribution in [-0.4, -0.2) is 21.6 Å². The van der Waals surface area contributed by atoms with Crippen LogP contribution in [0.2, 0.25) is 0 Å². The van der Waals surface area contributed by atoms with Crippen LogP contribution >= 0.6 is 0 Å². The van der Waals surface area contributed by atoms with Crippen molar-refractivity contribution in [3.63, 3.8) is 0 Å². The number of aliphatic imine (C=N–C) groups is 2. The first-order valence-corrected chi connectivity index (χ1v) is 17.9. The highest BCUT2D eigenvalue weighted by molar-refractivity contribution is 6.19. The maximum absolute atomic E-state index is 6.48. The maximum Gasteiger partial charge on any atom is 0.179 e. The van der Waals surface area contributed by atoms with Gasteiger partial charge in [-0.3, -0.25) is 9.98 Å². The average Bonchev–Trinajstić information content (AvgIpc) is 3.85. The zero-order valence-corrected chi connectivity index (χ0v) is 29.2. The van der Waals surface area contributed by atoms with Crippen molar-refractivity contribution >= 4 is 61.7 Å². The Morgan fingerprint density at radius 1 is 0.585 bits per heavy atom. The Bertz CT molecular complexity index is 2970. The molecular formula is C48H34N4O. The van der Waals surface area contributed by atoms with E-state index in [1.54, 1.807) is 0 Å². The maximum atomic E-state index is 6.48. The molecule has 252 valence electrons. The molecule has 0 unspecified atom stereocenters. The Labute approximate surface area is 307 Å². The molecule has 0 atom stereocenters. The fraction of sp³-hybridized carbons (Fsp3) is 0.0417. The van der Waals surface area contributed by atoms with E-state index in [4.69, 9.17) is 9.73 Å². The van der Waals surface area contributed by atoms with Gasteiger partial charge in [0, 0.05) is 38.4 Å². The number of hydrogen-bond donors (Lipinski definition) is 0. The molecule has 5 heteroatoms. The number of rotatable bonds is 6. The predicted octanol–water partition coefficient (Wildman–Crippen LogP) is 11.8. The summed E-state index contributed by atoms with van der Waals surface area (Å²) in [6.07, 6.45) is 0. The van der Waals surface area contributed by atoms with Crippen LogP contribution in [0.25, 0.3) is 66.1 Å². The highest BCUT2D eigenvalue weighted by atomic mass is 16.5. The number of nitrogens with zero attached hydrogens (tertiary/aromatic N) is 4. The number of allylic oxidation sites excluding steroid dienone is 1. The van der Waals surface area contributed by atoms with E-state index in [2.05, 4.69) is 155 Å². The average molecular weight is 683 g/mol. The van der Waals surface area contributed by atoms with Gasteiger partial charge >= 0.3 is 0 Å². The van der Waals surface area contributed by atoms with E-state index in [0.717, 1.165) is 44.9 Å². The first-order chi connectivity index (χ1) is 26.2. The van der Waals surface area contributed by atoms with Crippen molar-refractivity contribution < 1.29 is 4.74 Å². The molecule has 9 aromatic rings. The molecule has 0 amide bonds. The standard InChI is InChI=1S/C48H34N4O/c1-31-21-26-45-40(27-31)47(48(53-45)46(49-2)32-13-5-3-6-14-32)50-30-51-41-19-11-9-17-36(41)38-28-33(22-24-42(38)51)34-23-25-44-39(29-34)37-18-10-12-20-43(37)52(44)35-15-7-4-8-16-35/h3-29H,2,30H2,1H3/b48-46+,50-47-. The van der Waals surface area contributed by atoms with E-state index in [9.17, 15) is 0 Å². The van der Waals surface area contributed by atoms with E-state index in [0.29, 0.717) is 18.1 Å². The smallest absolute Gasteiger partial charge is 0.179 e. The normalized spacial score (nSPS) is 14.3. The van der Waals surface area contributed by atoms with Crippen molar-refractivity contribution in [2.75, 3.05) is 0 Å². The third-order valence-corrected chi connectivity index (χ3v) is 10.4. The summed E-state index contributed by atoms with van der Waals surface area (Å²) in [5, 5.41) is 4.87. The molecule has 0 fully saturated rings. The van der Waals surface area contributed by atoms with Gasteiger partial charge < -0.3 is 13.9 Å². The zero-order valence-electron chi connectivity index (χ0n) is 29.2. The summed E-state index contributed by atoms with van der Waals surface area (Å²) in [4.78, 5) is 9.75. The predicted molar refractivity (Wildman–Crippen MR) is 220 cm³/mol. The Morgan fingerprint density at radius 3 is 1.91 bits per heavy atom. The second-order valence-electron chi connectivity index (χ2n) is 13.5. The number of hydrogen-bond acceptors (Lipinski definition) is 3. The van der Waals surface area contributed by atoms with Crippen LogP contribution in [-0.2, 0) is 6.67 Å². The molecule has 1 aliphatic rings. The summed E-state index contributed by atoms with van der Waals surface area (Å²) in [6, 6.07) is 57.8. The number of fused-ring (bicyclic) bond motifs is 7. The van der Waals surface area contributed by atoms with Gasteiger partial charge in [-0.05, 0) is 85.4 Å². The van der Waals surface area contributed by atoms with Crippen LogP contribution in [0.1, 0.15) is 16.7 Å². The number of aryl methyl sites for hydroxylation is 1. The molecule has 0 bridgehead atoms. The third kappa shape index (κ3) is 5.01. The minimum Gasteiger partial charge on any atom is -0.452 e. The molecule has 0 saturated heterocycles. The fourth-order valence-electron chi connectivity index (χ4n) is 7.94. The first-order valence-electron chi connectivity index (χ1n) is 17.9. The van der Waals surface area contributed by atoms with Gasteiger partial charge in [0.2, 0.25) is 0 Å². The zero-order chi connectivity index (χ0) is 35.5. The van der Waals surface area contributed by atoms with Gasteiger partial charge in [0.05, 0.1) is 22.1 Å². The summed E-state index contributed by atoms with van der Waals surface area (Å²) in [5.74, 6) is 1.40. The van der Waals surface area contributed by atoms with Gasteiger partial charge in [-0.15, -0.1) is 0 Å². The lowest BCUT2D eigenvalue weighted by Crippen LogP contribution is -2.07. The van der Waals surface area contributed by atoms with Gasteiger partial charge in [-0.25, -0.2) is 0 Å². The molecule has 3 heterocycles. The molecule has 5 nitrogen and oxygen atoms in total.